The Hall–Kier alpha value is -3.40. The molecule has 0 radical (unpaired) electrons. The quantitative estimate of drug-likeness (QED) is 0.740. The highest BCUT2D eigenvalue weighted by molar-refractivity contribution is 5.84. The highest BCUT2D eigenvalue weighted by atomic mass is 16.5. The number of rotatable bonds is 6. The largest absolute Gasteiger partial charge is 0.506 e. The number of nitrogens with one attached hydrogen (secondary N) is 1. The third kappa shape index (κ3) is 3.58. The molecular formula is C18H18N2O5. The van der Waals surface area contributed by atoms with Crippen molar-refractivity contribution in [2.24, 2.45) is 0 Å². The molecule has 7 nitrogen and oxygen atoms in total. The van der Waals surface area contributed by atoms with Gasteiger partial charge in [0, 0.05) is 17.8 Å². The standard InChI is InChI=1S/C18H18N2O5/c1-18(17(22)23,12-6-14(24-2)9-15(7-12)25-3)20-13-5-4-11(10-19)16(21)8-13/h4-9,20-21H,1-3H3,(H,22,23). The molecule has 0 spiro atoms. The zero-order valence-corrected chi connectivity index (χ0v) is 14.0. The summed E-state index contributed by atoms with van der Waals surface area (Å²) in [5, 5.41) is 31.4. The molecule has 0 saturated heterocycles. The minimum Gasteiger partial charge on any atom is -0.506 e. The van der Waals surface area contributed by atoms with Crippen molar-refractivity contribution in [3.8, 4) is 23.3 Å². The van der Waals surface area contributed by atoms with Crippen LogP contribution in [0.25, 0.3) is 0 Å². The van der Waals surface area contributed by atoms with E-state index >= 15 is 0 Å². The van der Waals surface area contributed by atoms with E-state index in [4.69, 9.17) is 14.7 Å². The summed E-state index contributed by atoms with van der Waals surface area (Å²) in [6.07, 6.45) is 0. The van der Waals surface area contributed by atoms with Crippen molar-refractivity contribution in [3.63, 3.8) is 0 Å². The fourth-order valence-corrected chi connectivity index (χ4v) is 2.34. The minimum absolute atomic E-state index is 0.102. The van der Waals surface area contributed by atoms with E-state index in [1.165, 1.54) is 39.3 Å². The number of aliphatic carboxylic acids is 1. The van der Waals surface area contributed by atoms with Crippen molar-refractivity contribution < 1.29 is 24.5 Å². The first-order valence-corrected chi connectivity index (χ1v) is 7.32. The summed E-state index contributed by atoms with van der Waals surface area (Å²) in [6.45, 7) is 1.48. The van der Waals surface area contributed by atoms with Crippen LogP contribution in [0.15, 0.2) is 36.4 Å². The first-order chi connectivity index (χ1) is 11.8. The summed E-state index contributed by atoms with van der Waals surface area (Å²) in [5.41, 5.74) is -0.670. The van der Waals surface area contributed by atoms with Crippen molar-refractivity contribution in [3.05, 3.63) is 47.5 Å². The maximum Gasteiger partial charge on any atom is 0.333 e. The molecule has 130 valence electrons. The summed E-state index contributed by atoms with van der Waals surface area (Å²) < 4.78 is 10.4. The van der Waals surface area contributed by atoms with E-state index in [9.17, 15) is 15.0 Å². The molecule has 3 N–H and O–H groups in total. The number of nitrogens with zero attached hydrogens (tertiary/aromatic N) is 1. The smallest absolute Gasteiger partial charge is 0.333 e. The monoisotopic (exact) mass is 342 g/mol. The molecule has 1 unspecified atom stereocenters. The normalized spacial score (nSPS) is 12.6. The van der Waals surface area contributed by atoms with Gasteiger partial charge in [-0.05, 0) is 36.8 Å². The molecule has 0 fully saturated rings. The van der Waals surface area contributed by atoms with E-state index in [2.05, 4.69) is 5.32 Å². The van der Waals surface area contributed by atoms with Gasteiger partial charge < -0.3 is 25.0 Å². The number of phenols is 1. The van der Waals surface area contributed by atoms with E-state index in [1.54, 1.807) is 18.2 Å². The topological polar surface area (TPSA) is 112 Å². The van der Waals surface area contributed by atoms with Gasteiger partial charge in [-0.1, -0.05) is 0 Å². The van der Waals surface area contributed by atoms with Crippen molar-refractivity contribution in [2.45, 2.75) is 12.5 Å². The van der Waals surface area contributed by atoms with Crippen LogP contribution in [0.2, 0.25) is 0 Å². The van der Waals surface area contributed by atoms with Gasteiger partial charge in [0.25, 0.3) is 0 Å². The van der Waals surface area contributed by atoms with Gasteiger partial charge in [0.1, 0.15) is 23.3 Å². The SMILES string of the molecule is COc1cc(OC)cc(C(C)(Nc2ccc(C#N)c(O)c2)C(=O)O)c1. The molecule has 2 aromatic carbocycles. The summed E-state index contributed by atoms with van der Waals surface area (Å²) >= 11 is 0. The van der Waals surface area contributed by atoms with Crippen LogP contribution >= 0.6 is 0 Å². The molecular weight excluding hydrogens is 324 g/mol. The van der Waals surface area contributed by atoms with Gasteiger partial charge >= 0.3 is 5.97 Å². The van der Waals surface area contributed by atoms with Gasteiger partial charge in [-0.25, -0.2) is 4.79 Å². The van der Waals surface area contributed by atoms with Crippen molar-refractivity contribution in [1.29, 1.82) is 5.26 Å². The van der Waals surface area contributed by atoms with Crippen LogP contribution in [0.3, 0.4) is 0 Å². The Morgan fingerprint density at radius 2 is 1.76 bits per heavy atom. The first kappa shape index (κ1) is 17.9. The van der Waals surface area contributed by atoms with Crippen LogP contribution in [0.5, 0.6) is 17.2 Å². The van der Waals surface area contributed by atoms with Crippen LogP contribution in [-0.4, -0.2) is 30.4 Å². The predicted octanol–water partition coefficient (Wildman–Crippen LogP) is 2.69. The average Bonchev–Trinajstić information content (AvgIpc) is 2.61. The van der Waals surface area contributed by atoms with Crippen molar-refractivity contribution >= 4 is 11.7 Å². The molecule has 0 aromatic heterocycles. The lowest BCUT2D eigenvalue weighted by Gasteiger charge is -2.28. The Morgan fingerprint density at radius 3 is 2.20 bits per heavy atom. The number of nitriles is 1. The number of aromatic hydroxyl groups is 1. The second-order valence-corrected chi connectivity index (χ2v) is 5.50. The van der Waals surface area contributed by atoms with Gasteiger partial charge in [-0.2, -0.15) is 5.26 Å². The third-order valence-electron chi connectivity index (χ3n) is 3.87. The number of benzene rings is 2. The minimum atomic E-state index is -1.53. The molecule has 0 saturated carbocycles. The fourth-order valence-electron chi connectivity index (χ4n) is 2.34. The Labute approximate surface area is 145 Å². The van der Waals surface area contributed by atoms with Crippen LogP contribution in [0, 0.1) is 11.3 Å². The summed E-state index contributed by atoms with van der Waals surface area (Å²) in [4.78, 5) is 12.0. The van der Waals surface area contributed by atoms with E-state index in [0.29, 0.717) is 22.7 Å². The number of carboxylic acid groups (broad SMARTS) is 1. The van der Waals surface area contributed by atoms with Crippen LogP contribution < -0.4 is 14.8 Å². The van der Waals surface area contributed by atoms with Gasteiger partial charge in [0.2, 0.25) is 0 Å². The van der Waals surface area contributed by atoms with Crippen molar-refractivity contribution in [2.75, 3.05) is 19.5 Å². The van der Waals surface area contributed by atoms with E-state index in [1.807, 2.05) is 6.07 Å². The molecule has 0 aliphatic carbocycles. The van der Waals surface area contributed by atoms with E-state index in [0.717, 1.165) is 0 Å². The fraction of sp³-hybridized carbons (Fsp3) is 0.222. The van der Waals surface area contributed by atoms with Crippen LogP contribution in [0.4, 0.5) is 5.69 Å². The van der Waals surface area contributed by atoms with Gasteiger partial charge in [-0.3, -0.25) is 0 Å². The zero-order chi connectivity index (χ0) is 18.6. The van der Waals surface area contributed by atoms with E-state index < -0.39 is 11.5 Å². The number of carbonyl (C=O) groups is 1. The second kappa shape index (κ2) is 7.01. The zero-order valence-electron chi connectivity index (χ0n) is 14.0. The molecule has 7 heteroatoms. The Morgan fingerprint density at radius 1 is 1.16 bits per heavy atom. The predicted molar refractivity (Wildman–Crippen MR) is 91.0 cm³/mol. The number of carboxylic acids is 1. The number of hydrogen-bond acceptors (Lipinski definition) is 6. The van der Waals surface area contributed by atoms with Gasteiger partial charge in [-0.15, -0.1) is 0 Å². The molecule has 0 amide bonds. The molecule has 0 aliphatic rings. The van der Waals surface area contributed by atoms with Crippen molar-refractivity contribution in [1.82, 2.24) is 0 Å². The number of phenolic OH excluding ortho intramolecular Hbond substituents is 1. The lowest BCUT2D eigenvalue weighted by atomic mass is 9.91. The number of methoxy groups -OCH3 is 2. The van der Waals surface area contributed by atoms with Gasteiger partial charge in [0.15, 0.2) is 5.54 Å². The molecule has 0 aliphatic heterocycles. The maximum absolute atomic E-state index is 12.0. The Balaban J connectivity index is 2.51. The molecule has 25 heavy (non-hydrogen) atoms. The number of ether oxygens (including phenoxy) is 2. The molecule has 2 rings (SSSR count). The lowest BCUT2D eigenvalue weighted by Crippen LogP contribution is -2.40. The third-order valence-corrected chi connectivity index (χ3v) is 3.87. The molecule has 0 heterocycles. The molecule has 0 bridgehead atoms. The molecule has 1 atom stereocenters. The van der Waals surface area contributed by atoms with Crippen LogP contribution in [-0.2, 0) is 10.3 Å². The summed E-state index contributed by atoms with van der Waals surface area (Å²) in [6, 6.07) is 10.9. The van der Waals surface area contributed by atoms with E-state index in [-0.39, 0.29) is 11.3 Å². The Bertz CT molecular complexity index is 822. The number of anilines is 1. The second-order valence-electron chi connectivity index (χ2n) is 5.50. The lowest BCUT2D eigenvalue weighted by molar-refractivity contribution is -0.142. The summed E-state index contributed by atoms with van der Waals surface area (Å²) in [7, 11) is 2.95. The highest BCUT2D eigenvalue weighted by Crippen LogP contribution is 2.34. The average molecular weight is 342 g/mol. The van der Waals surface area contributed by atoms with Crippen LogP contribution in [0.1, 0.15) is 18.1 Å². The first-order valence-electron chi connectivity index (χ1n) is 7.32. The van der Waals surface area contributed by atoms with Gasteiger partial charge in [0.05, 0.1) is 19.8 Å². The highest BCUT2D eigenvalue weighted by Gasteiger charge is 2.36. The maximum atomic E-state index is 12.0. The number of hydrogen-bond donors (Lipinski definition) is 3. The Kier molecular flexibility index (Phi) is 5.03. The summed E-state index contributed by atoms with van der Waals surface area (Å²) in [5.74, 6) is -0.465. The molecule has 2 aromatic rings.